The van der Waals surface area contributed by atoms with Crippen molar-refractivity contribution in [2.45, 2.75) is 104 Å². The predicted molar refractivity (Wildman–Crippen MR) is 140 cm³/mol. The molecule has 36 heavy (non-hydrogen) atoms. The molecule has 6 nitrogen and oxygen atoms in total. The fourth-order valence-electron chi connectivity index (χ4n) is 9.80. The average Bonchev–Trinajstić information content (AvgIpc) is 3.19. The second kappa shape index (κ2) is 9.63. The van der Waals surface area contributed by atoms with Crippen molar-refractivity contribution >= 4 is 12.0 Å². The molecule has 6 heteroatoms. The summed E-state index contributed by atoms with van der Waals surface area (Å²) in [6.07, 6.45) is 12.4. The molecule has 0 aromatic carbocycles. The zero-order valence-electron chi connectivity index (χ0n) is 22.9. The molecule has 5 aliphatic rings. The molecule has 1 saturated heterocycles. The second-order valence-corrected chi connectivity index (χ2v) is 13.6. The van der Waals surface area contributed by atoms with E-state index in [0.717, 1.165) is 43.4 Å². The zero-order chi connectivity index (χ0) is 25.8. The molecule has 2 amide bonds. The Labute approximate surface area is 217 Å². The lowest BCUT2D eigenvalue weighted by atomic mass is 9.47. The molecule has 0 spiro atoms. The van der Waals surface area contributed by atoms with Gasteiger partial charge in [0.05, 0.1) is 6.10 Å². The molecule has 4 aliphatic carbocycles. The Bertz CT molecular complexity index is 903. The normalized spacial score (nSPS) is 43.2. The summed E-state index contributed by atoms with van der Waals surface area (Å²) < 4.78 is 0. The van der Waals surface area contributed by atoms with E-state index in [1.807, 2.05) is 11.8 Å². The summed E-state index contributed by atoms with van der Waals surface area (Å²) in [5, 5.41) is 19.6. The number of hydrogen-bond acceptors (Lipinski definition) is 3. The maximum absolute atomic E-state index is 13.0. The van der Waals surface area contributed by atoms with E-state index in [0.29, 0.717) is 48.7 Å². The fraction of sp³-hybridized carbons (Fsp3) is 0.867. The van der Waals surface area contributed by atoms with Crippen molar-refractivity contribution in [1.82, 2.24) is 9.80 Å². The highest BCUT2D eigenvalue weighted by Crippen LogP contribution is 2.67. The Morgan fingerprint density at radius 1 is 1.11 bits per heavy atom. The van der Waals surface area contributed by atoms with Gasteiger partial charge in [-0.15, -0.1) is 0 Å². The van der Waals surface area contributed by atoms with Crippen molar-refractivity contribution in [3.05, 3.63) is 11.6 Å². The Balaban J connectivity index is 1.20. The van der Waals surface area contributed by atoms with Crippen molar-refractivity contribution in [2.75, 3.05) is 19.6 Å². The Kier molecular flexibility index (Phi) is 6.97. The molecule has 5 rings (SSSR count). The molecule has 0 aromatic rings. The van der Waals surface area contributed by atoms with Crippen molar-refractivity contribution < 1.29 is 19.8 Å². The first-order valence-electron chi connectivity index (χ1n) is 14.7. The summed E-state index contributed by atoms with van der Waals surface area (Å²) >= 11 is 0. The summed E-state index contributed by atoms with van der Waals surface area (Å²) in [6, 6.07) is -0.137. The smallest absolute Gasteiger partial charge is 0.407 e. The molecule has 1 aliphatic heterocycles. The number of fused-ring (bicyclic) bond motifs is 5. The van der Waals surface area contributed by atoms with Gasteiger partial charge < -0.3 is 20.0 Å². The topological polar surface area (TPSA) is 81.1 Å². The van der Waals surface area contributed by atoms with Crippen molar-refractivity contribution in [1.29, 1.82) is 0 Å². The minimum absolute atomic E-state index is 0.137. The molecule has 0 radical (unpaired) electrons. The number of aliphatic hydroxyl groups excluding tert-OH is 1. The monoisotopic (exact) mass is 500 g/mol. The van der Waals surface area contributed by atoms with Gasteiger partial charge in [-0.3, -0.25) is 4.79 Å². The number of carboxylic acid groups (broad SMARTS) is 1. The summed E-state index contributed by atoms with van der Waals surface area (Å²) in [5.41, 5.74) is 2.22. The molecule has 2 N–H and O–H groups in total. The molecule has 0 aromatic heterocycles. The summed E-state index contributed by atoms with van der Waals surface area (Å²) in [7, 11) is 0. The SMILES string of the molecule is C[C@H](CCC(=O)N1CCN(C(=O)O)[C@@H](C)C1)[C@H]1CC[C@H]2[C@@H]3CC=C4C[C@@H](O)CC[C@]4(C)[C@H]3CC[C@]12C. The first kappa shape index (κ1) is 26.1. The van der Waals surface area contributed by atoms with Gasteiger partial charge in [-0.05, 0) is 105 Å². The third kappa shape index (κ3) is 4.29. The van der Waals surface area contributed by atoms with Crippen LogP contribution in [0.15, 0.2) is 11.6 Å². The fourth-order valence-corrected chi connectivity index (χ4v) is 9.80. The van der Waals surface area contributed by atoms with E-state index in [1.165, 1.54) is 37.0 Å². The van der Waals surface area contributed by atoms with E-state index < -0.39 is 6.09 Å². The van der Waals surface area contributed by atoms with Gasteiger partial charge in [0, 0.05) is 32.1 Å². The van der Waals surface area contributed by atoms with Crippen molar-refractivity contribution in [3.63, 3.8) is 0 Å². The van der Waals surface area contributed by atoms with Gasteiger partial charge in [0.2, 0.25) is 5.91 Å². The van der Waals surface area contributed by atoms with Gasteiger partial charge in [0.15, 0.2) is 0 Å². The van der Waals surface area contributed by atoms with Crippen molar-refractivity contribution in [3.8, 4) is 0 Å². The molecule has 9 atom stereocenters. The number of nitrogens with zero attached hydrogens (tertiary/aromatic N) is 2. The Morgan fingerprint density at radius 2 is 1.89 bits per heavy atom. The van der Waals surface area contributed by atoms with Crippen LogP contribution in [0.2, 0.25) is 0 Å². The van der Waals surface area contributed by atoms with Crippen LogP contribution in [-0.2, 0) is 4.79 Å². The number of aliphatic hydroxyl groups is 1. The molecule has 1 heterocycles. The lowest BCUT2D eigenvalue weighted by molar-refractivity contribution is -0.134. The Morgan fingerprint density at radius 3 is 2.61 bits per heavy atom. The molecule has 3 saturated carbocycles. The predicted octanol–water partition coefficient (Wildman–Crippen LogP) is 5.55. The lowest BCUT2D eigenvalue weighted by Gasteiger charge is -2.58. The van der Waals surface area contributed by atoms with Gasteiger partial charge in [-0.1, -0.05) is 32.4 Å². The van der Waals surface area contributed by atoms with Gasteiger partial charge >= 0.3 is 6.09 Å². The number of amides is 2. The minimum atomic E-state index is -0.887. The van der Waals surface area contributed by atoms with Crippen LogP contribution in [-0.4, -0.2) is 63.8 Å². The quantitative estimate of drug-likeness (QED) is 0.496. The van der Waals surface area contributed by atoms with Crippen LogP contribution in [0.3, 0.4) is 0 Å². The number of allylic oxidation sites excluding steroid dienone is 1. The van der Waals surface area contributed by atoms with Crippen LogP contribution < -0.4 is 0 Å². The van der Waals surface area contributed by atoms with E-state index in [4.69, 9.17) is 0 Å². The third-order valence-electron chi connectivity index (χ3n) is 11.9. The standard InChI is InChI=1S/C30H48N2O4/c1-19(5-10-27(34)31-15-16-32(28(35)36)20(2)18-31)24-8-9-25-23-7-6-21-17-22(33)11-13-29(21,3)26(23)12-14-30(24,25)4/h6,19-20,22-26,33H,5,7-18H2,1-4H3,(H,35,36)/t19-,20+,22+,23+,24-,25+,26+,29+,30-/m1/s1. The van der Waals surface area contributed by atoms with E-state index >= 15 is 0 Å². The molecule has 4 fully saturated rings. The van der Waals surface area contributed by atoms with E-state index in [1.54, 1.807) is 5.57 Å². The maximum Gasteiger partial charge on any atom is 0.407 e. The van der Waals surface area contributed by atoms with Crippen LogP contribution in [0, 0.1) is 40.4 Å². The van der Waals surface area contributed by atoms with Crippen LogP contribution in [0.5, 0.6) is 0 Å². The number of piperazine rings is 1. The van der Waals surface area contributed by atoms with Crippen LogP contribution in [0.25, 0.3) is 0 Å². The average molecular weight is 501 g/mol. The van der Waals surface area contributed by atoms with Gasteiger partial charge in [-0.25, -0.2) is 4.79 Å². The summed E-state index contributed by atoms with van der Waals surface area (Å²) in [6.45, 7) is 10.8. The van der Waals surface area contributed by atoms with Gasteiger partial charge in [0.25, 0.3) is 0 Å². The highest BCUT2D eigenvalue weighted by molar-refractivity contribution is 5.76. The van der Waals surface area contributed by atoms with Gasteiger partial charge in [-0.2, -0.15) is 0 Å². The van der Waals surface area contributed by atoms with E-state index in [-0.39, 0.29) is 18.1 Å². The largest absolute Gasteiger partial charge is 0.465 e. The second-order valence-electron chi connectivity index (χ2n) is 13.6. The van der Waals surface area contributed by atoms with E-state index in [9.17, 15) is 19.8 Å². The van der Waals surface area contributed by atoms with Crippen LogP contribution >= 0.6 is 0 Å². The number of hydrogen-bond donors (Lipinski definition) is 2. The first-order valence-corrected chi connectivity index (χ1v) is 14.7. The third-order valence-corrected chi connectivity index (χ3v) is 11.9. The summed E-state index contributed by atoms with van der Waals surface area (Å²) in [5.74, 6) is 3.74. The molecule has 0 bridgehead atoms. The number of carbonyl (C=O) groups excluding carboxylic acids is 1. The molecular formula is C30H48N2O4. The summed E-state index contributed by atoms with van der Waals surface area (Å²) in [4.78, 5) is 27.7. The highest BCUT2D eigenvalue weighted by Gasteiger charge is 2.59. The maximum atomic E-state index is 13.0. The lowest BCUT2D eigenvalue weighted by Crippen LogP contribution is -2.55. The molecule has 202 valence electrons. The first-order chi connectivity index (χ1) is 17.0. The Hall–Kier alpha value is -1.56. The van der Waals surface area contributed by atoms with Crippen molar-refractivity contribution in [2.24, 2.45) is 40.4 Å². The van der Waals surface area contributed by atoms with Crippen LogP contribution in [0.1, 0.15) is 91.9 Å². The molecule has 0 unspecified atom stereocenters. The van der Waals surface area contributed by atoms with E-state index in [2.05, 4.69) is 26.8 Å². The minimum Gasteiger partial charge on any atom is -0.465 e. The molecular weight excluding hydrogens is 452 g/mol. The number of rotatable bonds is 4. The highest BCUT2D eigenvalue weighted by atomic mass is 16.4. The number of carbonyl (C=O) groups is 2. The van der Waals surface area contributed by atoms with Crippen LogP contribution in [0.4, 0.5) is 4.79 Å². The zero-order valence-corrected chi connectivity index (χ0v) is 22.9. The van der Waals surface area contributed by atoms with Gasteiger partial charge in [0.1, 0.15) is 0 Å².